The Morgan fingerprint density at radius 1 is 1.00 bits per heavy atom. The molecule has 0 atom stereocenters. The maximum absolute atomic E-state index is 2.17. The van der Waals surface area contributed by atoms with E-state index in [0.29, 0.717) is 0 Å². The van der Waals surface area contributed by atoms with Gasteiger partial charge in [-0.1, -0.05) is 0 Å². The van der Waals surface area contributed by atoms with E-state index in [-0.39, 0.29) is 24.0 Å². The van der Waals surface area contributed by atoms with Gasteiger partial charge in [0.25, 0.3) is 0 Å². The molecule has 0 unspecified atom stereocenters. The quantitative estimate of drug-likeness (QED) is 0.453. The molecule has 0 nitrogen and oxygen atoms in total. The molecule has 0 aliphatic rings. The average Bonchev–Trinajstić information content (AvgIpc) is 1.69. The van der Waals surface area contributed by atoms with E-state index < -0.39 is 0 Å². The summed E-state index contributed by atoms with van der Waals surface area (Å²) in [4.78, 5) is 0. The van der Waals surface area contributed by atoms with Crippen molar-refractivity contribution in [2.75, 3.05) is 0 Å². The van der Waals surface area contributed by atoms with Crippen LogP contribution >= 0.6 is 24.0 Å². The Kier molecular flexibility index (Phi) is 5.26. The summed E-state index contributed by atoms with van der Waals surface area (Å²) in [5.74, 6) is 0. The van der Waals surface area contributed by atoms with Gasteiger partial charge in [0.05, 0.1) is 0 Å². The Balaban J connectivity index is 0.000000490. The number of rotatable bonds is 0. The van der Waals surface area contributed by atoms with Crippen LogP contribution in [0, 0.1) is 0 Å². The third-order valence-electron chi connectivity index (χ3n) is 0.843. The predicted molar refractivity (Wildman–Crippen MR) is 41.5 cm³/mol. The standard InChI is InChI=1S/C6H5.Hg.HI/c1-2-4-6-5-3-1;;/h1-5H;;1H. The molecule has 39 valence electrons. The van der Waals surface area contributed by atoms with Crippen molar-refractivity contribution in [2.45, 2.75) is 0 Å². The molecule has 0 aromatic heterocycles. The Bertz CT molecular complexity index is 138. The third-order valence-corrected chi connectivity index (χ3v) is 2.68. The Morgan fingerprint density at radius 3 is 1.75 bits per heavy atom. The molecule has 0 bridgehead atoms. The van der Waals surface area contributed by atoms with Crippen molar-refractivity contribution in [1.82, 2.24) is 0 Å². The van der Waals surface area contributed by atoms with Gasteiger partial charge in [0.15, 0.2) is 0 Å². The minimum absolute atomic E-state index is 0. The molecule has 0 spiro atoms. The van der Waals surface area contributed by atoms with Gasteiger partial charge in [0.1, 0.15) is 0 Å². The zero-order chi connectivity index (χ0) is 5.11. The molecule has 0 amide bonds. The van der Waals surface area contributed by atoms with E-state index >= 15 is 0 Å². The topological polar surface area (TPSA) is 0 Å². The van der Waals surface area contributed by atoms with Crippen LogP contribution in [0.5, 0.6) is 0 Å². The van der Waals surface area contributed by atoms with Crippen molar-refractivity contribution in [3.63, 3.8) is 0 Å². The van der Waals surface area contributed by atoms with Gasteiger partial charge in [-0.15, -0.1) is 24.0 Å². The van der Waals surface area contributed by atoms with Crippen LogP contribution in [0.3, 0.4) is 0 Å². The molecule has 0 fully saturated rings. The van der Waals surface area contributed by atoms with E-state index in [2.05, 4.69) is 30.3 Å². The Hall–Kier alpha value is 0.885. The van der Waals surface area contributed by atoms with Crippen LogP contribution in [0.25, 0.3) is 0 Å². The second-order valence-corrected chi connectivity index (χ2v) is 4.66. The van der Waals surface area contributed by atoms with Crippen LogP contribution < -0.4 is 3.07 Å². The van der Waals surface area contributed by atoms with E-state index in [0.717, 1.165) is 26.1 Å². The number of benzene rings is 1. The molecule has 0 saturated heterocycles. The molecule has 0 saturated carbocycles. The van der Waals surface area contributed by atoms with Gasteiger partial charge in [-0.25, -0.2) is 0 Å². The van der Waals surface area contributed by atoms with Crippen molar-refractivity contribution in [1.29, 1.82) is 0 Å². The van der Waals surface area contributed by atoms with E-state index in [4.69, 9.17) is 0 Å². The molecule has 0 aliphatic heterocycles. The van der Waals surface area contributed by atoms with Crippen LogP contribution in [0.15, 0.2) is 30.3 Å². The van der Waals surface area contributed by atoms with Gasteiger partial charge in [0, 0.05) is 0 Å². The molecule has 1 aromatic rings. The number of hydrogen-bond acceptors (Lipinski definition) is 0. The SMILES string of the molecule is I.[Hg][c]1ccccc1. The fourth-order valence-electron chi connectivity index (χ4n) is 0.478. The first kappa shape index (κ1) is 8.89. The summed E-state index contributed by atoms with van der Waals surface area (Å²) in [7, 11) is 0. The van der Waals surface area contributed by atoms with Crippen molar-refractivity contribution in [3.8, 4) is 0 Å². The number of hydrogen-bond donors (Lipinski definition) is 0. The van der Waals surface area contributed by atoms with Gasteiger partial charge < -0.3 is 0 Å². The molecular formula is C6H6HgI. The first-order valence-electron chi connectivity index (χ1n) is 2.26. The Morgan fingerprint density at radius 2 is 1.50 bits per heavy atom. The summed E-state index contributed by atoms with van der Waals surface area (Å²) in [5, 5.41) is 0. The first-order chi connectivity index (χ1) is 3.39. The summed E-state index contributed by atoms with van der Waals surface area (Å²) in [6.45, 7) is 0. The molecule has 0 N–H and O–H groups in total. The number of halogens is 1. The summed E-state index contributed by atoms with van der Waals surface area (Å²) in [6.07, 6.45) is 0. The van der Waals surface area contributed by atoms with E-state index in [1.165, 1.54) is 3.07 Å². The third kappa shape index (κ3) is 3.02. The zero-order valence-electron chi connectivity index (χ0n) is 4.50. The normalized spacial score (nSPS) is 7.75. The van der Waals surface area contributed by atoms with E-state index in [9.17, 15) is 0 Å². The minimum atomic E-state index is 0. The van der Waals surface area contributed by atoms with Crippen molar-refractivity contribution in [2.24, 2.45) is 0 Å². The van der Waals surface area contributed by atoms with Crippen LogP contribution in [0.1, 0.15) is 0 Å². The summed E-state index contributed by atoms with van der Waals surface area (Å²) in [6, 6.07) is 10.6. The predicted octanol–water partition coefficient (Wildman–Crippen LogP) is 1.48. The molecule has 2 heteroatoms. The average molecular weight is 406 g/mol. The van der Waals surface area contributed by atoms with E-state index in [1.54, 1.807) is 0 Å². The monoisotopic (exact) mass is 407 g/mol. The van der Waals surface area contributed by atoms with Gasteiger partial charge in [0.2, 0.25) is 0 Å². The van der Waals surface area contributed by atoms with Gasteiger partial charge in [-0.3, -0.25) is 0 Å². The molecular weight excluding hydrogens is 400 g/mol. The molecule has 1 rings (SSSR count). The van der Waals surface area contributed by atoms with Crippen molar-refractivity contribution >= 4 is 27.0 Å². The molecule has 8 heavy (non-hydrogen) atoms. The van der Waals surface area contributed by atoms with Crippen LogP contribution in [0.2, 0.25) is 0 Å². The second kappa shape index (κ2) is 4.73. The maximum atomic E-state index is 2.17. The summed E-state index contributed by atoms with van der Waals surface area (Å²) in [5.41, 5.74) is 0. The molecule has 1 aromatic carbocycles. The van der Waals surface area contributed by atoms with Crippen molar-refractivity contribution < 1.29 is 26.1 Å². The molecule has 0 radical (unpaired) electrons. The second-order valence-electron chi connectivity index (χ2n) is 1.49. The fraction of sp³-hybridized carbons (Fsp3) is 0. The van der Waals surface area contributed by atoms with Gasteiger partial charge in [-0.2, -0.15) is 0 Å². The fourth-order valence-corrected chi connectivity index (χ4v) is 1.54. The van der Waals surface area contributed by atoms with Crippen molar-refractivity contribution in [3.05, 3.63) is 30.3 Å². The van der Waals surface area contributed by atoms with E-state index in [1.807, 2.05) is 0 Å². The zero-order valence-corrected chi connectivity index (χ0v) is 12.3. The summed E-state index contributed by atoms with van der Waals surface area (Å²) < 4.78 is 1.52. The summed E-state index contributed by atoms with van der Waals surface area (Å²) >= 11 is 0.810. The first-order valence-corrected chi connectivity index (χ1v) is 5.01. The van der Waals surface area contributed by atoms with Gasteiger partial charge >= 0.3 is 59.5 Å². The van der Waals surface area contributed by atoms with Crippen LogP contribution in [-0.4, -0.2) is 0 Å². The molecule has 0 heterocycles. The Labute approximate surface area is 82.7 Å². The van der Waals surface area contributed by atoms with Crippen LogP contribution in [0.4, 0.5) is 0 Å². The molecule has 0 aliphatic carbocycles. The van der Waals surface area contributed by atoms with Gasteiger partial charge in [-0.05, 0) is 0 Å². The van der Waals surface area contributed by atoms with Crippen LogP contribution in [-0.2, 0) is 26.1 Å².